The predicted octanol–water partition coefficient (Wildman–Crippen LogP) is 2.09. The molecular formula is C19H22N2O4S2. The average Bonchev–Trinajstić information content (AvgIpc) is 3.17. The number of nitrogens with zero attached hydrogens (tertiary/aromatic N) is 2. The lowest BCUT2D eigenvalue weighted by molar-refractivity contribution is 0.0475. The van der Waals surface area contributed by atoms with E-state index in [1.807, 2.05) is 24.3 Å². The lowest BCUT2D eigenvalue weighted by atomic mass is 10.0. The molecule has 1 unspecified atom stereocenters. The highest BCUT2D eigenvalue weighted by atomic mass is 32.2. The summed E-state index contributed by atoms with van der Waals surface area (Å²) in [4.78, 5) is 14.8. The van der Waals surface area contributed by atoms with Gasteiger partial charge in [0, 0.05) is 26.2 Å². The molecule has 8 heteroatoms. The lowest BCUT2D eigenvalue weighted by Crippen LogP contribution is -2.42. The van der Waals surface area contributed by atoms with Gasteiger partial charge < -0.3 is 10.0 Å². The number of aliphatic hydroxyl groups is 1. The van der Waals surface area contributed by atoms with Gasteiger partial charge in [-0.3, -0.25) is 4.79 Å². The van der Waals surface area contributed by atoms with Crippen molar-refractivity contribution in [1.29, 1.82) is 0 Å². The summed E-state index contributed by atoms with van der Waals surface area (Å²) in [5, 5.41) is 11.5. The number of sulfonamides is 1. The zero-order chi connectivity index (χ0) is 19.0. The third-order valence-corrected chi connectivity index (χ3v) is 8.14. The van der Waals surface area contributed by atoms with Gasteiger partial charge in [-0.2, -0.15) is 4.31 Å². The zero-order valence-corrected chi connectivity index (χ0v) is 16.5. The van der Waals surface area contributed by atoms with Crippen LogP contribution in [-0.4, -0.2) is 54.4 Å². The van der Waals surface area contributed by atoms with Crippen LogP contribution >= 0.6 is 11.3 Å². The van der Waals surface area contributed by atoms with Crippen molar-refractivity contribution in [2.45, 2.75) is 36.8 Å². The Labute approximate surface area is 163 Å². The summed E-state index contributed by atoms with van der Waals surface area (Å²) in [6, 6.07) is 9.38. The van der Waals surface area contributed by atoms with Crippen LogP contribution in [0.1, 0.15) is 33.6 Å². The Kier molecular flexibility index (Phi) is 5.07. The molecule has 2 aromatic rings. The van der Waals surface area contributed by atoms with Crippen LogP contribution in [0.15, 0.2) is 40.6 Å². The Balaban J connectivity index is 1.61. The fourth-order valence-electron chi connectivity index (χ4n) is 3.75. The van der Waals surface area contributed by atoms with Crippen LogP contribution in [0.25, 0.3) is 0 Å². The predicted molar refractivity (Wildman–Crippen MR) is 103 cm³/mol. The highest BCUT2D eigenvalue weighted by Crippen LogP contribution is 2.30. The molecule has 0 aliphatic carbocycles. The molecule has 2 aliphatic heterocycles. The van der Waals surface area contributed by atoms with Crippen molar-refractivity contribution < 1.29 is 18.3 Å². The maximum absolute atomic E-state index is 13.2. The van der Waals surface area contributed by atoms with Crippen molar-refractivity contribution in [3.8, 4) is 0 Å². The molecule has 1 amide bonds. The van der Waals surface area contributed by atoms with Crippen molar-refractivity contribution in [2.24, 2.45) is 0 Å². The van der Waals surface area contributed by atoms with Crippen LogP contribution in [0.3, 0.4) is 0 Å². The molecule has 6 nitrogen and oxygen atoms in total. The molecule has 27 heavy (non-hydrogen) atoms. The van der Waals surface area contributed by atoms with Gasteiger partial charge >= 0.3 is 0 Å². The molecule has 1 saturated heterocycles. The van der Waals surface area contributed by atoms with Crippen molar-refractivity contribution in [1.82, 2.24) is 9.21 Å². The van der Waals surface area contributed by atoms with E-state index in [-0.39, 0.29) is 22.2 Å². The maximum Gasteiger partial charge on any atom is 0.265 e. The number of likely N-dealkylation sites (tertiary alicyclic amines) is 1. The topological polar surface area (TPSA) is 77.9 Å². The molecule has 0 saturated carbocycles. The summed E-state index contributed by atoms with van der Waals surface area (Å²) in [7, 11) is -3.76. The second-order valence-corrected chi connectivity index (χ2v) is 9.84. The van der Waals surface area contributed by atoms with Crippen molar-refractivity contribution >= 4 is 27.3 Å². The third-order valence-electron chi connectivity index (χ3n) is 5.22. The van der Waals surface area contributed by atoms with Gasteiger partial charge in [-0.05, 0) is 41.8 Å². The number of thiophene rings is 1. The van der Waals surface area contributed by atoms with Crippen LogP contribution in [0.2, 0.25) is 0 Å². The van der Waals surface area contributed by atoms with Crippen molar-refractivity contribution in [3.05, 3.63) is 51.7 Å². The number of β-amino-alcohol motifs (C(OH)–C–C–N with tert-alkyl or cyclic N) is 1. The van der Waals surface area contributed by atoms with E-state index in [0.717, 1.165) is 23.3 Å². The smallest absolute Gasteiger partial charge is 0.265 e. The average molecular weight is 407 g/mol. The summed E-state index contributed by atoms with van der Waals surface area (Å²) < 4.78 is 27.9. The largest absolute Gasteiger partial charge is 0.391 e. The summed E-state index contributed by atoms with van der Waals surface area (Å²) >= 11 is 1.15. The van der Waals surface area contributed by atoms with Crippen molar-refractivity contribution in [2.75, 3.05) is 19.6 Å². The molecule has 0 spiro atoms. The van der Waals surface area contributed by atoms with Gasteiger partial charge in [0.1, 0.15) is 9.77 Å². The van der Waals surface area contributed by atoms with Gasteiger partial charge in [0.15, 0.2) is 0 Å². The van der Waals surface area contributed by atoms with E-state index in [1.165, 1.54) is 15.9 Å². The molecule has 1 aromatic heterocycles. The summed E-state index contributed by atoms with van der Waals surface area (Å²) in [5.74, 6) is -0.306. The number of hydrogen-bond donors (Lipinski definition) is 1. The summed E-state index contributed by atoms with van der Waals surface area (Å²) in [5.41, 5.74) is 2.18. The Morgan fingerprint density at radius 2 is 1.93 bits per heavy atom. The SMILES string of the molecule is O=C(c1sccc1S(=O)(=O)N1CCc2ccccc2C1)N1CCCC(O)C1. The van der Waals surface area contributed by atoms with Crippen LogP contribution in [0, 0.1) is 0 Å². The number of piperidine rings is 1. The summed E-state index contributed by atoms with van der Waals surface area (Å²) in [6.07, 6.45) is 1.53. The van der Waals surface area contributed by atoms with Crippen molar-refractivity contribution in [3.63, 3.8) is 0 Å². The summed E-state index contributed by atoms with van der Waals surface area (Å²) in [6.45, 7) is 1.54. The van der Waals surface area contributed by atoms with E-state index in [2.05, 4.69) is 0 Å². The monoisotopic (exact) mass is 406 g/mol. The number of rotatable bonds is 3. The molecule has 1 aromatic carbocycles. The first kappa shape index (κ1) is 18.6. The number of aliphatic hydroxyl groups excluding tert-OH is 1. The molecular weight excluding hydrogens is 384 g/mol. The van der Waals surface area contributed by atoms with E-state index >= 15 is 0 Å². The molecule has 0 radical (unpaired) electrons. The van der Waals surface area contributed by atoms with Gasteiger partial charge in [-0.25, -0.2) is 8.42 Å². The Bertz CT molecular complexity index is 954. The standard InChI is InChI=1S/C19H22N2O4S2/c22-16-6-3-9-20(13-16)19(23)18-17(8-11-26-18)27(24,25)21-10-7-14-4-1-2-5-15(14)12-21/h1-2,4-5,8,11,16,22H,3,6-7,9-10,12-13H2. The van der Waals surface area contributed by atoms with Crippen LogP contribution in [0.4, 0.5) is 0 Å². The van der Waals surface area contributed by atoms with E-state index in [4.69, 9.17) is 0 Å². The molecule has 3 heterocycles. The number of carbonyl (C=O) groups excluding carboxylic acids is 1. The number of hydrogen-bond acceptors (Lipinski definition) is 5. The van der Waals surface area contributed by atoms with Crippen LogP contribution in [0.5, 0.6) is 0 Å². The first-order valence-corrected chi connectivity index (χ1v) is 11.4. The minimum atomic E-state index is -3.76. The Morgan fingerprint density at radius 3 is 2.70 bits per heavy atom. The maximum atomic E-state index is 13.2. The molecule has 1 fully saturated rings. The molecule has 4 rings (SSSR count). The molecule has 1 N–H and O–H groups in total. The minimum absolute atomic E-state index is 0.0805. The molecule has 0 bridgehead atoms. The van der Waals surface area contributed by atoms with Gasteiger partial charge in [0.05, 0.1) is 6.10 Å². The van der Waals surface area contributed by atoms with Gasteiger partial charge in [-0.1, -0.05) is 24.3 Å². The second kappa shape index (κ2) is 7.35. The van der Waals surface area contributed by atoms with Gasteiger partial charge in [0.2, 0.25) is 10.0 Å². The quantitative estimate of drug-likeness (QED) is 0.847. The molecule has 2 aliphatic rings. The molecule has 144 valence electrons. The van der Waals surface area contributed by atoms with Gasteiger partial charge in [0.25, 0.3) is 5.91 Å². The highest BCUT2D eigenvalue weighted by Gasteiger charge is 2.34. The Hall–Kier alpha value is -1.74. The van der Waals surface area contributed by atoms with E-state index < -0.39 is 16.1 Å². The number of benzene rings is 1. The zero-order valence-electron chi connectivity index (χ0n) is 14.9. The van der Waals surface area contributed by atoms with E-state index in [9.17, 15) is 18.3 Å². The number of fused-ring (bicyclic) bond motifs is 1. The first-order chi connectivity index (χ1) is 13.0. The number of carbonyl (C=O) groups is 1. The number of amides is 1. The fourth-order valence-corrected chi connectivity index (χ4v) is 6.53. The first-order valence-electron chi connectivity index (χ1n) is 9.08. The van der Waals surface area contributed by atoms with Crippen LogP contribution in [-0.2, 0) is 23.0 Å². The minimum Gasteiger partial charge on any atom is -0.391 e. The second-order valence-electron chi connectivity index (χ2n) is 7.02. The van der Waals surface area contributed by atoms with E-state index in [0.29, 0.717) is 32.5 Å². The van der Waals surface area contributed by atoms with Crippen LogP contribution < -0.4 is 0 Å². The van der Waals surface area contributed by atoms with E-state index in [1.54, 1.807) is 10.3 Å². The fraction of sp³-hybridized carbons (Fsp3) is 0.421. The molecule has 1 atom stereocenters. The van der Waals surface area contributed by atoms with Gasteiger partial charge in [-0.15, -0.1) is 11.3 Å². The third kappa shape index (κ3) is 3.54. The highest BCUT2D eigenvalue weighted by molar-refractivity contribution is 7.89. The normalized spacial score (nSPS) is 21.1. The Morgan fingerprint density at radius 1 is 1.15 bits per heavy atom. The lowest BCUT2D eigenvalue weighted by Gasteiger charge is -2.31.